The lowest BCUT2D eigenvalue weighted by Gasteiger charge is -2.32. The van der Waals surface area contributed by atoms with Gasteiger partial charge in [-0.25, -0.2) is 0 Å². The normalized spacial score (nSPS) is 31.3. The molecule has 0 N–H and O–H groups in total. The molecular formula is C11H15FN2. The Bertz CT molecular complexity index is 280. The van der Waals surface area contributed by atoms with Gasteiger partial charge in [0.1, 0.15) is 0 Å². The fourth-order valence-electron chi connectivity index (χ4n) is 2.62. The molecule has 0 aromatic heterocycles. The lowest BCUT2D eigenvalue weighted by Crippen LogP contribution is -2.40. The molecule has 2 atom stereocenters. The summed E-state index contributed by atoms with van der Waals surface area (Å²) in [5.41, 5.74) is 0.901. The Morgan fingerprint density at radius 2 is 2.43 bits per heavy atom. The first-order valence-corrected chi connectivity index (χ1v) is 5.28. The van der Waals surface area contributed by atoms with Crippen molar-refractivity contribution in [1.29, 1.82) is 5.26 Å². The molecule has 1 saturated heterocycles. The van der Waals surface area contributed by atoms with Gasteiger partial charge in [0.2, 0.25) is 0 Å². The van der Waals surface area contributed by atoms with Crippen LogP contribution in [0.5, 0.6) is 0 Å². The summed E-state index contributed by atoms with van der Waals surface area (Å²) in [5, 5.41) is 8.94. The summed E-state index contributed by atoms with van der Waals surface area (Å²) >= 11 is 0. The molecule has 2 aliphatic rings. The Kier molecular flexibility index (Phi) is 2.83. The van der Waals surface area contributed by atoms with Crippen LogP contribution in [0, 0.1) is 11.3 Å². The van der Waals surface area contributed by atoms with Crippen molar-refractivity contribution in [3.05, 3.63) is 11.6 Å². The summed E-state index contributed by atoms with van der Waals surface area (Å²) in [6.07, 6.45) is 5.89. The van der Waals surface area contributed by atoms with Gasteiger partial charge in [-0.05, 0) is 25.7 Å². The van der Waals surface area contributed by atoms with E-state index in [2.05, 4.69) is 17.0 Å². The molecule has 0 saturated carbocycles. The molecule has 2 nitrogen and oxygen atoms in total. The van der Waals surface area contributed by atoms with Crippen LogP contribution in [0.3, 0.4) is 0 Å². The summed E-state index contributed by atoms with van der Waals surface area (Å²) in [6.45, 7) is 0.562. The molecule has 2 heterocycles. The van der Waals surface area contributed by atoms with E-state index < -0.39 is 0 Å². The molecule has 2 rings (SSSR count). The van der Waals surface area contributed by atoms with Gasteiger partial charge in [0.25, 0.3) is 0 Å². The van der Waals surface area contributed by atoms with Crippen molar-refractivity contribution >= 4 is 0 Å². The first kappa shape index (κ1) is 9.67. The number of halogens is 1. The van der Waals surface area contributed by atoms with Crippen LogP contribution in [-0.4, -0.2) is 30.2 Å². The number of nitriles is 1. The first-order chi connectivity index (χ1) is 6.86. The van der Waals surface area contributed by atoms with E-state index in [1.807, 2.05) is 0 Å². The van der Waals surface area contributed by atoms with E-state index in [1.165, 1.54) is 6.42 Å². The van der Waals surface area contributed by atoms with Crippen LogP contribution in [0.15, 0.2) is 11.6 Å². The summed E-state index contributed by atoms with van der Waals surface area (Å²) in [7, 11) is 0. The Hall–Kier alpha value is -0.880. The molecule has 14 heavy (non-hydrogen) atoms. The molecule has 3 heteroatoms. The van der Waals surface area contributed by atoms with Gasteiger partial charge in [0, 0.05) is 24.2 Å². The van der Waals surface area contributed by atoms with Crippen LogP contribution in [-0.2, 0) is 0 Å². The molecule has 1 fully saturated rings. The number of nitrogens with zero attached hydrogens (tertiary/aromatic N) is 2. The zero-order valence-electron chi connectivity index (χ0n) is 8.25. The molecular weight excluding hydrogens is 179 g/mol. The highest BCUT2D eigenvalue weighted by molar-refractivity contribution is 5.31. The highest BCUT2D eigenvalue weighted by Gasteiger charge is 2.37. The monoisotopic (exact) mass is 194 g/mol. The van der Waals surface area contributed by atoms with E-state index in [1.54, 1.807) is 0 Å². The maximum atomic E-state index is 12.1. The fourth-order valence-corrected chi connectivity index (χ4v) is 2.62. The SMILES string of the molecule is N#CC1=CCC2CCC1N2CCCF. The second-order valence-electron chi connectivity index (χ2n) is 4.03. The molecule has 0 radical (unpaired) electrons. The highest BCUT2D eigenvalue weighted by Crippen LogP contribution is 2.35. The van der Waals surface area contributed by atoms with Crippen molar-refractivity contribution in [1.82, 2.24) is 4.90 Å². The van der Waals surface area contributed by atoms with Gasteiger partial charge in [-0.1, -0.05) is 6.08 Å². The molecule has 0 aromatic rings. The predicted octanol–water partition coefficient (Wildman–Crippen LogP) is 2.03. The Morgan fingerprint density at radius 1 is 1.57 bits per heavy atom. The van der Waals surface area contributed by atoms with Gasteiger partial charge in [-0.2, -0.15) is 5.26 Å². The minimum Gasteiger partial charge on any atom is -0.292 e. The average molecular weight is 194 g/mol. The van der Waals surface area contributed by atoms with Crippen molar-refractivity contribution < 1.29 is 4.39 Å². The van der Waals surface area contributed by atoms with Crippen LogP contribution >= 0.6 is 0 Å². The fraction of sp³-hybridized carbons (Fsp3) is 0.727. The molecule has 0 aromatic carbocycles. The van der Waals surface area contributed by atoms with Crippen LogP contribution in [0.25, 0.3) is 0 Å². The lowest BCUT2D eigenvalue weighted by molar-refractivity contribution is 0.195. The van der Waals surface area contributed by atoms with E-state index in [4.69, 9.17) is 5.26 Å². The van der Waals surface area contributed by atoms with Crippen LogP contribution in [0.2, 0.25) is 0 Å². The zero-order chi connectivity index (χ0) is 9.97. The molecule has 2 aliphatic heterocycles. The van der Waals surface area contributed by atoms with Gasteiger partial charge in [-0.3, -0.25) is 9.29 Å². The summed E-state index contributed by atoms with van der Waals surface area (Å²) in [5.74, 6) is 0. The topological polar surface area (TPSA) is 27.0 Å². The summed E-state index contributed by atoms with van der Waals surface area (Å²) in [6, 6.07) is 3.13. The number of hydrogen-bond acceptors (Lipinski definition) is 2. The molecule has 0 amide bonds. The Balaban J connectivity index is 2.06. The van der Waals surface area contributed by atoms with Crippen molar-refractivity contribution in [3.8, 4) is 6.07 Å². The third kappa shape index (κ3) is 1.55. The van der Waals surface area contributed by atoms with Crippen molar-refractivity contribution in [2.45, 2.75) is 37.8 Å². The number of hydrogen-bond donors (Lipinski definition) is 0. The minimum absolute atomic E-state index is 0.248. The molecule has 76 valence electrons. The summed E-state index contributed by atoms with van der Waals surface area (Å²) in [4.78, 5) is 2.32. The smallest absolute Gasteiger partial charge is 0.0960 e. The van der Waals surface area contributed by atoms with E-state index in [0.29, 0.717) is 18.5 Å². The van der Waals surface area contributed by atoms with E-state index in [0.717, 1.165) is 25.0 Å². The molecule has 2 bridgehead atoms. The van der Waals surface area contributed by atoms with Crippen LogP contribution < -0.4 is 0 Å². The van der Waals surface area contributed by atoms with E-state index in [-0.39, 0.29) is 6.67 Å². The summed E-state index contributed by atoms with van der Waals surface area (Å²) < 4.78 is 12.1. The third-order valence-corrected chi connectivity index (χ3v) is 3.29. The van der Waals surface area contributed by atoms with E-state index >= 15 is 0 Å². The van der Waals surface area contributed by atoms with Crippen LogP contribution in [0.1, 0.15) is 25.7 Å². The largest absolute Gasteiger partial charge is 0.292 e. The van der Waals surface area contributed by atoms with Crippen molar-refractivity contribution in [3.63, 3.8) is 0 Å². The first-order valence-electron chi connectivity index (χ1n) is 5.28. The van der Waals surface area contributed by atoms with Gasteiger partial charge in [0.05, 0.1) is 12.7 Å². The van der Waals surface area contributed by atoms with Gasteiger partial charge in [0.15, 0.2) is 0 Å². The standard InChI is InChI=1S/C11H15FN2/c12-6-1-7-14-10-3-2-9(8-13)11(14)5-4-10/h2,10-11H,1,3-7H2. The third-order valence-electron chi connectivity index (χ3n) is 3.29. The maximum Gasteiger partial charge on any atom is 0.0960 e. The molecule has 2 unspecified atom stereocenters. The molecule has 0 aliphatic carbocycles. The number of rotatable bonds is 3. The van der Waals surface area contributed by atoms with Gasteiger partial charge < -0.3 is 0 Å². The van der Waals surface area contributed by atoms with Crippen molar-refractivity contribution in [2.75, 3.05) is 13.2 Å². The number of alkyl halides is 1. The van der Waals surface area contributed by atoms with Gasteiger partial charge >= 0.3 is 0 Å². The number of fused-ring (bicyclic) bond motifs is 2. The highest BCUT2D eigenvalue weighted by atomic mass is 19.1. The van der Waals surface area contributed by atoms with E-state index in [9.17, 15) is 4.39 Å². The second kappa shape index (κ2) is 4.10. The van der Waals surface area contributed by atoms with Crippen molar-refractivity contribution in [2.24, 2.45) is 0 Å². The average Bonchev–Trinajstić information content (AvgIpc) is 2.48. The van der Waals surface area contributed by atoms with Gasteiger partial charge in [-0.15, -0.1) is 0 Å². The second-order valence-corrected chi connectivity index (χ2v) is 4.03. The Labute approximate surface area is 84.0 Å². The lowest BCUT2D eigenvalue weighted by atomic mass is 10.0. The predicted molar refractivity (Wildman–Crippen MR) is 52.4 cm³/mol. The van der Waals surface area contributed by atoms with Crippen LogP contribution in [0.4, 0.5) is 4.39 Å². The quantitative estimate of drug-likeness (QED) is 0.687. The minimum atomic E-state index is -0.248. The maximum absolute atomic E-state index is 12.1. The Morgan fingerprint density at radius 3 is 3.14 bits per heavy atom. The molecule has 0 spiro atoms. The zero-order valence-corrected chi connectivity index (χ0v) is 8.25.